The topological polar surface area (TPSA) is 237 Å². The van der Waals surface area contributed by atoms with Crippen LogP contribution in [0.4, 0.5) is 0 Å². The zero-order chi connectivity index (χ0) is 70.0. The molecule has 19 heteroatoms. The molecule has 0 rings (SSSR count). The molecule has 0 aromatic heterocycles. The lowest BCUT2D eigenvalue weighted by Gasteiger charge is -2.21. The average Bonchev–Trinajstić information content (AvgIpc) is 3.75. The Labute approximate surface area is 581 Å². The van der Waals surface area contributed by atoms with Crippen molar-refractivity contribution in [3.63, 3.8) is 0 Å². The Bertz CT molecular complexity index is 1840. The van der Waals surface area contributed by atoms with Crippen LogP contribution in [-0.2, 0) is 65.4 Å². The van der Waals surface area contributed by atoms with Gasteiger partial charge in [-0.15, -0.1) is 0 Å². The summed E-state index contributed by atoms with van der Waals surface area (Å²) in [5.74, 6) is -0.655. The highest BCUT2D eigenvalue weighted by atomic mass is 31.2. The first kappa shape index (κ1) is 93.1. The number of unbranched alkanes of at least 4 members (excludes halogenated alkanes) is 45. The Kier molecular flexibility index (Phi) is 66.5. The van der Waals surface area contributed by atoms with Crippen molar-refractivity contribution >= 4 is 39.5 Å². The second kappa shape index (κ2) is 67.9. The van der Waals surface area contributed by atoms with Crippen LogP contribution in [0.25, 0.3) is 0 Å². The Balaban J connectivity index is 5.16. The molecule has 0 radical (unpaired) electrons. The van der Waals surface area contributed by atoms with E-state index >= 15 is 0 Å². The minimum atomic E-state index is -4.96. The van der Waals surface area contributed by atoms with E-state index in [1.165, 1.54) is 205 Å². The third kappa shape index (κ3) is 70.3. The molecule has 5 atom stereocenters. The minimum absolute atomic E-state index is 0.102. The van der Waals surface area contributed by atoms with E-state index in [2.05, 4.69) is 41.5 Å². The normalized spacial score (nSPS) is 14.0. The molecule has 0 bridgehead atoms. The summed E-state index contributed by atoms with van der Waals surface area (Å²) < 4.78 is 68.4. The van der Waals surface area contributed by atoms with Crippen molar-refractivity contribution in [3.8, 4) is 0 Å². The molecule has 0 heterocycles. The van der Waals surface area contributed by atoms with Gasteiger partial charge in [0.15, 0.2) is 12.2 Å². The maximum absolute atomic E-state index is 13.1. The average molecular weight is 1400 g/mol. The molecule has 95 heavy (non-hydrogen) atoms. The highest BCUT2D eigenvalue weighted by Gasteiger charge is 2.30. The van der Waals surface area contributed by atoms with Gasteiger partial charge in [-0.05, 0) is 37.5 Å². The van der Waals surface area contributed by atoms with Crippen molar-refractivity contribution in [3.05, 3.63) is 0 Å². The Hall–Kier alpha value is -1.94. The molecule has 0 aromatic rings. The van der Waals surface area contributed by atoms with Gasteiger partial charge in [0.2, 0.25) is 0 Å². The van der Waals surface area contributed by atoms with E-state index in [-0.39, 0.29) is 25.7 Å². The zero-order valence-electron chi connectivity index (χ0n) is 62.0. The summed E-state index contributed by atoms with van der Waals surface area (Å²) in [7, 11) is -9.90. The van der Waals surface area contributed by atoms with Gasteiger partial charge in [0.25, 0.3) is 0 Å². The Morgan fingerprint density at radius 2 is 0.484 bits per heavy atom. The van der Waals surface area contributed by atoms with E-state index in [0.717, 1.165) is 102 Å². The molecule has 3 N–H and O–H groups in total. The molecule has 17 nitrogen and oxygen atoms in total. The van der Waals surface area contributed by atoms with Crippen LogP contribution in [0.1, 0.15) is 395 Å². The maximum Gasteiger partial charge on any atom is 0.472 e. The first-order valence-electron chi connectivity index (χ1n) is 39.5. The minimum Gasteiger partial charge on any atom is -0.462 e. The third-order valence-corrected chi connectivity index (χ3v) is 19.6. The monoisotopic (exact) mass is 1400 g/mol. The van der Waals surface area contributed by atoms with Crippen molar-refractivity contribution in [2.24, 2.45) is 11.8 Å². The standard InChI is InChI=1S/C76H148O17P2/c1-7-9-11-13-15-17-18-19-20-21-22-23-24-25-26-31-34-37-41-48-54-60-75(80)92-71(64-87-74(79)59-53-47-40-36-33-30-28-27-29-32-35-38-44-50-56-68(3)4)66-90-94(82,83)88-62-70(77)63-89-95(84,85)91-67-72(65-86-73(78)58-52-46-39-16-14-12-10-8-2)93-76(81)61-55-49-43-42-45-51-57-69(5)6/h68-72,77H,7-67H2,1-6H3,(H,82,83)(H,84,85)/t70-,71-,72-/m1/s1. The summed E-state index contributed by atoms with van der Waals surface area (Å²) in [6.45, 7) is 9.49. The van der Waals surface area contributed by atoms with Crippen LogP contribution in [0.3, 0.4) is 0 Å². The van der Waals surface area contributed by atoms with Crippen LogP contribution < -0.4 is 0 Å². The quantitative estimate of drug-likeness (QED) is 0.0222. The Morgan fingerprint density at radius 3 is 0.716 bits per heavy atom. The number of rotatable bonds is 75. The van der Waals surface area contributed by atoms with Crippen LogP contribution in [0.15, 0.2) is 0 Å². The van der Waals surface area contributed by atoms with Crippen molar-refractivity contribution in [2.45, 2.75) is 413 Å². The lowest BCUT2D eigenvalue weighted by Crippen LogP contribution is -2.30. The zero-order valence-corrected chi connectivity index (χ0v) is 63.8. The third-order valence-electron chi connectivity index (χ3n) is 17.7. The van der Waals surface area contributed by atoms with Gasteiger partial charge in [0.1, 0.15) is 19.3 Å². The SMILES string of the molecule is CCCCCCCCCCCCCCCCCCCCCCCC(=O)O[C@H](COC(=O)CCCCCCCCCCCCCCCCC(C)C)COP(=O)(O)OC[C@@H](O)COP(=O)(O)OC[C@@H](COC(=O)CCCCCCCCCC)OC(=O)CCCCCCCCC(C)C. The van der Waals surface area contributed by atoms with Crippen LogP contribution in [0, 0.1) is 11.8 Å². The molecule has 0 spiro atoms. The van der Waals surface area contributed by atoms with Crippen LogP contribution in [-0.4, -0.2) is 96.7 Å². The summed E-state index contributed by atoms with van der Waals surface area (Å²) in [6.07, 6.45) is 56.0. The molecule has 0 aliphatic heterocycles. The van der Waals surface area contributed by atoms with E-state index in [4.69, 9.17) is 37.0 Å². The van der Waals surface area contributed by atoms with Gasteiger partial charge in [-0.1, -0.05) is 343 Å². The predicted octanol–water partition coefficient (Wildman–Crippen LogP) is 22.3. The van der Waals surface area contributed by atoms with Crippen LogP contribution in [0.2, 0.25) is 0 Å². The lowest BCUT2D eigenvalue weighted by molar-refractivity contribution is -0.161. The summed E-state index contributed by atoms with van der Waals surface area (Å²) >= 11 is 0. The molecule has 0 aliphatic rings. The fourth-order valence-corrected chi connectivity index (χ4v) is 13.2. The number of phosphoric ester groups is 2. The molecule has 0 saturated heterocycles. The number of aliphatic hydroxyl groups is 1. The number of carbonyl (C=O) groups is 4. The highest BCUT2D eigenvalue weighted by molar-refractivity contribution is 7.47. The second-order valence-electron chi connectivity index (χ2n) is 28.3. The van der Waals surface area contributed by atoms with E-state index in [9.17, 15) is 43.2 Å². The summed E-state index contributed by atoms with van der Waals surface area (Å²) in [5.41, 5.74) is 0. The largest absolute Gasteiger partial charge is 0.472 e. The molecule has 564 valence electrons. The fourth-order valence-electron chi connectivity index (χ4n) is 11.7. The number of hydrogen-bond donors (Lipinski definition) is 3. The molecule has 0 saturated carbocycles. The smallest absolute Gasteiger partial charge is 0.462 e. The highest BCUT2D eigenvalue weighted by Crippen LogP contribution is 2.45. The fraction of sp³-hybridized carbons (Fsp3) is 0.947. The summed E-state index contributed by atoms with van der Waals surface area (Å²) in [4.78, 5) is 72.6. The van der Waals surface area contributed by atoms with Crippen LogP contribution in [0.5, 0.6) is 0 Å². The molecular weight excluding hydrogens is 1250 g/mol. The maximum atomic E-state index is 13.1. The van der Waals surface area contributed by atoms with E-state index in [0.29, 0.717) is 31.6 Å². The van der Waals surface area contributed by atoms with Gasteiger partial charge in [0.05, 0.1) is 26.4 Å². The molecular formula is C76H148O17P2. The second-order valence-corrected chi connectivity index (χ2v) is 31.3. The molecule has 0 amide bonds. The van der Waals surface area contributed by atoms with E-state index < -0.39 is 97.5 Å². The van der Waals surface area contributed by atoms with E-state index in [1.807, 2.05) is 0 Å². The lowest BCUT2D eigenvalue weighted by atomic mass is 10.0. The number of aliphatic hydroxyl groups excluding tert-OH is 1. The Morgan fingerprint density at radius 1 is 0.284 bits per heavy atom. The van der Waals surface area contributed by atoms with Gasteiger partial charge < -0.3 is 33.8 Å². The number of hydrogen-bond acceptors (Lipinski definition) is 15. The van der Waals surface area contributed by atoms with Crippen molar-refractivity contribution in [1.29, 1.82) is 0 Å². The molecule has 0 aliphatic carbocycles. The van der Waals surface area contributed by atoms with Crippen LogP contribution >= 0.6 is 15.6 Å². The van der Waals surface area contributed by atoms with Crippen molar-refractivity contribution < 1.29 is 80.2 Å². The summed E-state index contributed by atoms with van der Waals surface area (Å²) in [6, 6.07) is 0. The predicted molar refractivity (Wildman–Crippen MR) is 386 cm³/mol. The van der Waals surface area contributed by atoms with Crippen molar-refractivity contribution in [1.82, 2.24) is 0 Å². The van der Waals surface area contributed by atoms with E-state index in [1.54, 1.807) is 0 Å². The van der Waals surface area contributed by atoms with Gasteiger partial charge in [0, 0.05) is 25.7 Å². The van der Waals surface area contributed by atoms with Gasteiger partial charge >= 0.3 is 39.5 Å². The molecule has 0 fully saturated rings. The number of esters is 4. The first-order valence-corrected chi connectivity index (χ1v) is 42.5. The van der Waals surface area contributed by atoms with Gasteiger partial charge in [-0.25, -0.2) is 9.13 Å². The van der Waals surface area contributed by atoms with Crippen molar-refractivity contribution in [2.75, 3.05) is 39.6 Å². The molecule has 2 unspecified atom stereocenters. The van der Waals surface area contributed by atoms with Gasteiger partial charge in [-0.3, -0.25) is 37.3 Å². The summed E-state index contributed by atoms with van der Waals surface area (Å²) in [5, 5.41) is 10.6. The number of carbonyl (C=O) groups excluding carboxylic acids is 4. The number of ether oxygens (including phenoxy) is 4. The van der Waals surface area contributed by atoms with Gasteiger partial charge in [-0.2, -0.15) is 0 Å². The molecule has 0 aromatic carbocycles. The number of phosphoric acid groups is 2. The first-order chi connectivity index (χ1) is 45.9.